The molecular formula is C32H39N5O4S2. The summed E-state index contributed by atoms with van der Waals surface area (Å²) in [6.45, 7) is 4.32. The van der Waals surface area contributed by atoms with E-state index < -0.39 is 11.6 Å². The molecule has 9 nitrogen and oxygen atoms in total. The van der Waals surface area contributed by atoms with Gasteiger partial charge in [-0.3, -0.25) is 9.59 Å². The number of nitrogens with one attached hydrogen (secondary N) is 3. The standard InChI is InChI=1S/C32H39N5O4S2/c1-32(2,33)17-29(39)36-26-20-43-28-16-24(42-3)12-13-27(28)37(30(26)40)19-21-8-10-22(11-9-21)25-7-5-4-6-23(25)18-35-31(41)34-14-15-38/h4-13,16,26,38H,14-15,17-20,33H2,1-3H3,(H,36,39)(H2,34,35,41)/t26-/m1/s1. The predicted octanol–water partition coefficient (Wildman–Crippen LogP) is 4.12. The van der Waals surface area contributed by atoms with Gasteiger partial charge in [0.25, 0.3) is 5.91 Å². The van der Waals surface area contributed by atoms with Gasteiger partial charge in [0.05, 0.1) is 18.8 Å². The van der Waals surface area contributed by atoms with Crippen molar-refractivity contribution in [1.82, 2.24) is 16.0 Å². The zero-order valence-electron chi connectivity index (χ0n) is 24.7. The van der Waals surface area contributed by atoms with Crippen LogP contribution in [0.5, 0.6) is 0 Å². The molecule has 6 N–H and O–H groups in total. The number of anilines is 1. The average Bonchev–Trinajstić information content (AvgIpc) is 3.10. The van der Waals surface area contributed by atoms with E-state index in [1.165, 1.54) is 0 Å². The van der Waals surface area contributed by atoms with Crippen LogP contribution in [0.2, 0.25) is 0 Å². The van der Waals surface area contributed by atoms with Gasteiger partial charge >= 0.3 is 6.03 Å². The summed E-state index contributed by atoms with van der Waals surface area (Å²) in [5, 5.41) is 17.3. The summed E-state index contributed by atoms with van der Waals surface area (Å²) in [7, 11) is 0. The summed E-state index contributed by atoms with van der Waals surface area (Å²) < 4.78 is 0. The summed E-state index contributed by atoms with van der Waals surface area (Å²) in [6.07, 6.45) is 2.14. The molecule has 0 bridgehead atoms. The molecule has 0 aliphatic carbocycles. The maximum Gasteiger partial charge on any atom is 0.315 e. The molecule has 1 aliphatic rings. The maximum atomic E-state index is 13.9. The molecule has 0 saturated carbocycles. The van der Waals surface area contributed by atoms with Crippen LogP contribution < -0.4 is 26.6 Å². The number of hydrogen-bond acceptors (Lipinski definition) is 7. The smallest absolute Gasteiger partial charge is 0.315 e. The van der Waals surface area contributed by atoms with Gasteiger partial charge in [-0.05, 0) is 60.6 Å². The van der Waals surface area contributed by atoms with Gasteiger partial charge in [0.1, 0.15) is 6.04 Å². The van der Waals surface area contributed by atoms with Gasteiger partial charge in [0.2, 0.25) is 5.91 Å². The molecule has 1 heterocycles. The number of benzene rings is 3. The number of rotatable bonds is 11. The van der Waals surface area contributed by atoms with E-state index in [9.17, 15) is 14.4 Å². The van der Waals surface area contributed by atoms with Crippen LogP contribution in [0.1, 0.15) is 31.4 Å². The number of aliphatic hydroxyl groups is 1. The Balaban J connectivity index is 1.56. The molecule has 1 atom stereocenters. The number of amides is 4. The van der Waals surface area contributed by atoms with E-state index in [1.807, 2.05) is 66.9 Å². The van der Waals surface area contributed by atoms with Crippen LogP contribution in [0.25, 0.3) is 11.1 Å². The molecule has 3 aromatic carbocycles. The Morgan fingerprint density at radius 3 is 2.53 bits per heavy atom. The molecule has 4 rings (SSSR count). The molecule has 228 valence electrons. The number of aliphatic hydroxyl groups excluding tert-OH is 1. The zero-order chi connectivity index (χ0) is 31.0. The van der Waals surface area contributed by atoms with Crippen LogP contribution in [0, 0.1) is 0 Å². The molecule has 0 saturated heterocycles. The van der Waals surface area contributed by atoms with E-state index in [0.29, 0.717) is 18.8 Å². The monoisotopic (exact) mass is 621 g/mol. The highest BCUT2D eigenvalue weighted by Gasteiger charge is 2.33. The average molecular weight is 622 g/mol. The summed E-state index contributed by atoms with van der Waals surface area (Å²) in [4.78, 5) is 42.5. The number of carbonyl (C=O) groups excluding carboxylic acids is 3. The van der Waals surface area contributed by atoms with Crippen LogP contribution in [0.15, 0.2) is 76.5 Å². The molecular weight excluding hydrogens is 583 g/mol. The van der Waals surface area contributed by atoms with Crippen molar-refractivity contribution < 1.29 is 19.5 Å². The molecule has 0 fully saturated rings. The van der Waals surface area contributed by atoms with Crippen molar-refractivity contribution in [2.75, 3.05) is 30.1 Å². The third kappa shape index (κ3) is 8.99. The van der Waals surface area contributed by atoms with Gasteiger partial charge in [0.15, 0.2) is 0 Å². The predicted molar refractivity (Wildman–Crippen MR) is 174 cm³/mol. The summed E-state index contributed by atoms with van der Waals surface area (Å²) in [5.41, 5.74) is 10.1. The second-order valence-corrected chi connectivity index (χ2v) is 13.0. The fraction of sp³-hybridized carbons (Fsp3) is 0.344. The van der Waals surface area contributed by atoms with Crippen LogP contribution in [-0.2, 0) is 22.7 Å². The molecule has 11 heteroatoms. The Bertz CT molecular complexity index is 1440. The Hall–Kier alpha value is -3.51. The Morgan fingerprint density at radius 2 is 1.84 bits per heavy atom. The Labute approximate surface area is 261 Å². The highest BCUT2D eigenvalue weighted by atomic mass is 32.2. The maximum absolute atomic E-state index is 13.9. The second kappa shape index (κ2) is 14.8. The van der Waals surface area contributed by atoms with Crippen LogP contribution in [0.3, 0.4) is 0 Å². The van der Waals surface area contributed by atoms with Crippen LogP contribution in [0.4, 0.5) is 10.5 Å². The SMILES string of the molecule is CSc1ccc2c(c1)SC[C@@H](NC(=O)CC(C)(C)N)C(=O)N2Cc1ccc(-c2ccccc2CNC(=O)NCCO)cc1. The van der Waals surface area contributed by atoms with E-state index in [-0.39, 0.29) is 37.4 Å². The topological polar surface area (TPSA) is 137 Å². The van der Waals surface area contributed by atoms with Crippen molar-refractivity contribution in [2.24, 2.45) is 5.73 Å². The number of nitrogens with two attached hydrogens (primary N) is 1. The van der Waals surface area contributed by atoms with Crippen molar-refractivity contribution in [3.05, 3.63) is 77.9 Å². The second-order valence-electron chi connectivity index (χ2n) is 11.0. The number of fused-ring (bicyclic) bond motifs is 1. The summed E-state index contributed by atoms with van der Waals surface area (Å²) in [5.74, 6) is 0.0236. The largest absolute Gasteiger partial charge is 0.395 e. The van der Waals surface area contributed by atoms with Gasteiger partial charge in [0, 0.05) is 40.6 Å². The fourth-order valence-electron chi connectivity index (χ4n) is 4.77. The number of carbonyl (C=O) groups is 3. The van der Waals surface area contributed by atoms with E-state index in [4.69, 9.17) is 10.8 Å². The van der Waals surface area contributed by atoms with E-state index in [1.54, 1.807) is 42.3 Å². The van der Waals surface area contributed by atoms with E-state index in [0.717, 1.165) is 37.7 Å². The van der Waals surface area contributed by atoms with Crippen molar-refractivity contribution in [2.45, 2.75) is 54.7 Å². The summed E-state index contributed by atoms with van der Waals surface area (Å²) in [6, 6.07) is 20.9. The first-order valence-electron chi connectivity index (χ1n) is 14.1. The first-order valence-corrected chi connectivity index (χ1v) is 16.3. The molecule has 1 aliphatic heterocycles. The molecule has 43 heavy (non-hydrogen) atoms. The van der Waals surface area contributed by atoms with Crippen LogP contribution >= 0.6 is 23.5 Å². The number of thioether (sulfide) groups is 2. The normalized spacial score (nSPS) is 15.0. The minimum absolute atomic E-state index is 0.120. The first-order chi connectivity index (χ1) is 20.6. The number of urea groups is 1. The lowest BCUT2D eigenvalue weighted by Crippen LogP contribution is -2.51. The lowest BCUT2D eigenvalue weighted by atomic mass is 9.98. The minimum atomic E-state index is -0.682. The minimum Gasteiger partial charge on any atom is -0.395 e. The third-order valence-electron chi connectivity index (χ3n) is 6.84. The number of nitrogens with zero attached hydrogens (tertiary/aromatic N) is 1. The van der Waals surface area contributed by atoms with E-state index >= 15 is 0 Å². The van der Waals surface area contributed by atoms with Gasteiger partial charge in [-0.25, -0.2) is 4.79 Å². The molecule has 0 radical (unpaired) electrons. The lowest BCUT2D eigenvalue weighted by Gasteiger charge is -2.27. The van der Waals surface area contributed by atoms with Crippen molar-refractivity contribution in [3.8, 4) is 11.1 Å². The molecule has 0 aromatic heterocycles. The molecule has 4 amide bonds. The molecule has 0 spiro atoms. The molecule has 0 unspecified atom stereocenters. The third-order valence-corrected chi connectivity index (χ3v) is 8.70. The van der Waals surface area contributed by atoms with Gasteiger partial charge in [-0.2, -0.15) is 0 Å². The van der Waals surface area contributed by atoms with Crippen molar-refractivity contribution >= 4 is 47.1 Å². The van der Waals surface area contributed by atoms with Gasteiger partial charge < -0.3 is 31.7 Å². The highest BCUT2D eigenvalue weighted by Crippen LogP contribution is 2.38. The zero-order valence-corrected chi connectivity index (χ0v) is 26.3. The van der Waals surface area contributed by atoms with Crippen molar-refractivity contribution in [3.63, 3.8) is 0 Å². The Morgan fingerprint density at radius 1 is 1.09 bits per heavy atom. The van der Waals surface area contributed by atoms with Crippen LogP contribution in [-0.4, -0.2) is 59.7 Å². The highest BCUT2D eigenvalue weighted by molar-refractivity contribution is 8.00. The summed E-state index contributed by atoms with van der Waals surface area (Å²) >= 11 is 3.21. The quantitative estimate of drug-likeness (QED) is 0.203. The Kier molecular flexibility index (Phi) is 11.1. The fourth-order valence-corrected chi connectivity index (χ4v) is 6.40. The first kappa shape index (κ1) is 32.4. The van der Waals surface area contributed by atoms with Gasteiger partial charge in [-0.15, -0.1) is 23.5 Å². The number of hydrogen-bond donors (Lipinski definition) is 5. The van der Waals surface area contributed by atoms with Crippen molar-refractivity contribution in [1.29, 1.82) is 0 Å². The molecule has 3 aromatic rings. The van der Waals surface area contributed by atoms with E-state index in [2.05, 4.69) is 22.0 Å². The lowest BCUT2D eigenvalue weighted by molar-refractivity contribution is -0.127. The van der Waals surface area contributed by atoms with Gasteiger partial charge in [-0.1, -0.05) is 48.5 Å².